The van der Waals surface area contributed by atoms with Crippen LogP contribution >= 0.6 is 23.2 Å². The molecule has 0 heterocycles. The summed E-state index contributed by atoms with van der Waals surface area (Å²) in [4.78, 5) is 0. The molecule has 0 spiro atoms. The predicted molar refractivity (Wildman–Crippen MR) is 96.2 cm³/mol. The topological polar surface area (TPSA) is 18.5 Å². The highest BCUT2D eigenvalue weighted by Crippen LogP contribution is 2.24. The summed E-state index contributed by atoms with van der Waals surface area (Å²) in [7, 11) is 0. The number of para-hydroxylation sites is 1. The van der Waals surface area contributed by atoms with Crippen molar-refractivity contribution in [3.05, 3.63) is 70.7 Å². The molecule has 4 heteroatoms. The van der Waals surface area contributed by atoms with Crippen molar-refractivity contribution in [3.8, 4) is 11.5 Å². The molecule has 0 aliphatic carbocycles. The lowest BCUT2D eigenvalue weighted by molar-refractivity contribution is -0.0269. The second-order valence-electron chi connectivity index (χ2n) is 5.81. The van der Waals surface area contributed by atoms with E-state index in [2.05, 4.69) is 0 Å². The second-order valence-corrected chi connectivity index (χ2v) is 6.82. The fourth-order valence-electron chi connectivity index (χ4n) is 1.98. The number of rotatable bonds is 7. The van der Waals surface area contributed by atoms with E-state index in [9.17, 15) is 0 Å². The molecule has 0 atom stereocenters. The van der Waals surface area contributed by atoms with Crippen molar-refractivity contribution < 1.29 is 9.47 Å². The SMILES string of the molecule is CC(C)(CC=C(Cl)Cl)OCc1cccc(Oc2ccccc2)c1. The lowest BCUT2D eigenvalue weighted by Gasteiger charge is -2.24. The standard InChI is InChI=1S/C19H20Cl2O2/c1-19(2,12-11-18(20)21)22-14-15-7-6-10-17(13-15)23-16-8-4-3-5-9-16/h3-11,13H,12,14H2,1-2H3. The van der Waals surface area contributed by atoms with E-state index in [0.717, 1.165) is 17.1 Å². The molecule has 2 rings (SSSR count). The van der Waals surface area contributed by atoms with Crippen LogP contribution in [0.4, 0.5) is 0 Å². The Morgan fingerprint density at radius 3 is 2.39 bits per heavy atom. The van der Waals surface area contributed by atoms with Crippen molar-refractivity contribution in [2.75, 3.05) is 0 Å². The highest BCUT2D eigenvalue weighted by atomic mass is 35.5. The van der Waals surface area contributed by atoms with Crippen LogP contribution in [-0.2, 0) is 11.3 Å². The predicted octanol–water partition coefficient (Wildman–Crippen LogP) is 6.48. The molecular formula is C19H20Cl2O2. The first-order valence-corrected chi connectivity index (χ1v) is 8.17. The normalized spacial score (nSPS) is 11.1. The summed E-state index contributed by atoms with van der Waals surface area (Å²) in [5, 5.41) is 0. The third-order valence-corrected chi connectivity index (χ3v) is 3.56. The number of hydrogen-bond donors (Lipinski definition) is 0. The summed E-state index contributed by atoms with van der Waals surface area (Å²) >= 11 is 11.3. The van der Waals surface area contributed by atoms with Gasteiger partial charge in [0.1, 0.15) is 16.0 Å². The summed E-state index contributed by atoms with van der Waals surface area (Å²) in [6.07, 6.45) is 2.40. The second kappa shape index (κ2) is 8.39. The zero-order valence-electron chi connectivity index (χ0n) is 13.3. The van der Waals surface area contributed by atoms with Crippen LogP contribution in [0.3, 0.4) is 0 Å². The maximum Gasteiger partial charge on any atom is 0.127 e. The molecule has 0 unspecified atom stereocenters. The first-order chi connectivity index (χ1) is 10.9. The molecule has 0 aliphatic heterocycles. The number of halogens is 2. The van der Waals surface area contributed by atoms with E-state index in [-0.39, 0.29) is 10.1 Å². The van der Waals surface area contributed by atoms with Crippen LogP contribution in [0.15, 0.2) is 65.2 Å². The van der Waals surface area contributed by atoms with Crippen molar-refractivity contribution in [3.63, 3.8) is 0 Å². The summed E-state index contributed by atoms with van der Waals surface area (Å²) in [5.74, 6) is 1.60. The zero-order valence-corrected chi connectivity index (χ0v) is 14.8. The van der Waals surface area contributed by atoms with Gasteiger partial charge in [0.2, 0.25) is 0 Å². The molecular weight excluding hydrogens is 331 g/mol. The molecule has 0 aromatic heterocycles. The molecule has 2 aromatic carbocycles. The van der Waals surface area contributed by atoms with Crippen LogP contribution in [0.2, 0.25) is 0 Å². The number of hydrogen-bond acceptors (Lipinski definition) is 2. The van der Waals surface area contributed by atoms with Gasteiger partial charge in [-0.1, -0.05) is 59.6 Å². The Labute approximate surface area is 147 Å². The van der Waals surface area contributed by atoms with Crippen molar-refractivity contribution >= 4 is 23.2 Å². The molecule has 0 saturated heterocycles. The van der Waals surface area contributed by atoms with Crippen LogP contribution in [0.1, 0.15) is 25.8 Å². The Morgan fingerprint density at radius 2 is 1.70 bits per heavy atom. The van der Waals surface area contributed by atoms with Gasteiger partial charge in [-0.15, -0.1) is 0 Å². The molecule has 0 bridgehead atoms. The van der Waals surface area contributed by atoms with Gasteiger partial charge < -0.3 is 9.47 Å². The minimum absolute atomic E-state index is 0.264. The average molecular weight is 351 g/mol. The average Bonchev–Trinajstić information content (AvgIpc) is 2.53. The van der Waals surface area contributed by atoms with Crippen molar-refractivity contribution in [1.82, 2.24) is 0 Å². The molecule has 2 aromatic rings. The maximum absolute atomic E-state index is 5.95. The highest BCUT2D eigenvalue weighted by Gasteiger charge is 2.17. The van der Waals surface area contributed by atoms with Crippen LogP contribution in [0.25, 0.3) is 0 Å². The van der Waals surface area contributed by atoms with Crippen LogP contribution < -0.4 is 4.74 Å². The first kappa shape index (κ1) is 17.9. The largest absolute Gasteiger partial charge is 0.457 e. The van der Waals surface area contributed by atoms with E-state index in [1.807, 2.05) is 68.4 Å². The Kier molecular flexibility index (Phi) is 6.52. The summed E-state index contributed by atoms with van der Waals surface area (Å²) < 4.78 is 12.0. The monoisotopic (exact) mass is 350 g/mol. The maximum atomic E-state index is 5.95. The van der Waals surface area contributed by atoms with E-state index in [1.165, 1.54) is 0 Å². The molecule has 0 aliphatic rings. The smallest absolute Gasteiger partial charge is 0.127 e. The molecule has 0 fully saturated rings. The zero-order chi connectivity index (χ0) is 16.7. The van der Waals surface area contributed by atoms with Crippen molar-refractivity contribution in [2.24, 2.45) is 0 Å². The fourth-order valence-corrected chi connectivity index (χ4v) is 2.14. The number of ether oxygens (including phenoxy) is 2. The fraction of sp³-hybridized carbons (Fsp3) is 0.263. The third-order valence-electron chi connectivity index (χ3n) is 3.25. The van der Waals surface area contributed by atoms with Crippen molar-refractivity contribution in [2.45, 2.75) is 32.5 Å². The van der Waals surface area contributed by atoms with E-state index >= 15 is 0 Å². The summed E-state index contributed by atoms with van der Waals surface area (Å²) in [6.45, 7) is 4.50. The van der Waals surface area contributed by atoms with Crippen molar-refractivity contribution in [1.29, 1.82) is 0 Å². The van der Waals surface area contributed by atoms with Gasteiger partial charge in [-0.3, -0.25) is 0 Å². The minimum atomic E-state index is -0.342. The Hall–Kier alpha value is -1.48. The highest BCUT2D eigenvalue weighted by molar-refractivity contribution is 6.55. The molecule has 0 radical (unpaired) electrons. The van der Waals surface area contributed by atoms with Gasteiger partial charge in [0, 0.05) is 0 Å². The van der Waals surface area contributed by atoms with Gasteiger partial charge >= 0.3 is 0 Å². The van der Waals surface area contributed by atoms with Gasteiger partial charge in [-0.05, 0) is 50.1 Å². The van der Waals surface area contributed by atoms with E-state index in [0.29, 0.717) is 13.0 Å². The summed E-state index contributed by atoms with van der Waals surface area (Å²) in [5.41, 5.74) is 0.707. The summed E-state index contributed by atoms with van der Waals surface area (Å²) in [6, 6.07) is 17.6. The van der Waals surface area contributed by atoms with E-state index in [4.69, 9.17) is 32.7 Å². The van der Waals surface area contributed by atoms with Gasteiger partial charge in [0.25, 0.3) is 0 Å². The van der Waals surface area contributed by atoms with Crippen LogP contribution in [0.5, 0.6) is 11.5 Å². The number of benzene rings is 2. The Balaban J connectivity index is 1.96. The van der Waals surface area contributed by atoms with Gasteiger partial charge in [-0.2, -0.15) is 0 Å². The lowest BCUT2D eigenvalue weighted by Crippen LogP contribution is -2.23. The first-order valence-electron chi connectivity index (χ1n) is 7.42. The van der Waals surface area contributed by atoms with Gasteiger partial charge in [0.15, 0.2) is 0 Å². The van der Waals surface area contributed by atoms with Gasteiger partial charge in [0.05, 0.1) is 12.2 Å². The molecule has 23 heavy (non-hydrogen) atoms. The van der Waals surface area contributed by atoms with Crippen LogP contribution in [-0.4, -0.2) is 5.60 Å². The Morgan fingerprint density at radius 1 is 1.00 bits per heavy atom. The van der Waals surface area contributed by atoms with Crippen LogP contribution in [0, 0.1) is 0 Å². The Bertz CT molecular complexity index is 647. The quantitative estimate of drug-likeness (QED) is 0.568. The molecule has 0 N–H and O–H groups in total. The molecule has 0 amide bonds. The lowest BCUT2D eigenvalue weighted by atomic mass is 10.1. The third kappa shape index (κ3) is 6.66. The van der Waals surface area contributed by atoms with E-state index in [1.54, 1.807) is 6.08 Å². The van der Waals surface area contributed by atoms with Gasteiger partial charge in [-0.25, -0.2) is 0 Å². The molecule has 2 nitrogen and oxygen atoms in total. The molecule has 0 saturated carbocycles. The minimum Gasteiger partial charge on any atom is -0.457 e. The molecule has 122 valence electrons. The van der Waals surface area contributed by atoms with E-state index < -0.39 is 0 Å².